The molecule has 28 heavy (non-hydrogen) atoms. The molecule has 0 radical (unpaired) electrons. The fraction of sp³-hybridized carbons (Fsp3) is 0.417. The van der Waals surface area contributed by atoms with Gasteiger partial charge in [0, 0.05) is 23.2 Å². The maximum Gasteiger partial charge on any atom is 0.228 e. The highest BCUT2D eigenvalue weighted by Crippen LogP contribution is 2.52. The Labute approximate surface area is 166 Å². The minimum Gasteiger partial charge on any atom is -0.326 e. The first-order valence-corrected chi connectivity index (χ1v) is 9.98. The van der Waals surface area contributed by atoms with E-state index in [1.807, 2.05) is 48.5 Å². The van der Waals surface area contributed by atoms with Crippen LogP contribution in [0.2, 0.25) is 0 Å². The van der Waals surface area contributed by atoms with Gasteiger partial charge in [0.25, 0.3) is 0 Å². The predicted molar refractivity (Wildman–Crippen MR) is 113 cm³/mol. The van der Waals surface area contributed by atoms with E-state index in [4.69, 9.17) is 0 Å². The molecule has 0 saturated heterocycles. The van der Waals surface area contributed by atoms with Crippen molar-refractivity contribution in [1.82, 2.24) is 0 Å². The largest absolute Gasteiger partial charge is 0.326 e. The highest BCUT2D eigenvalue weighted by molar-refractivity contribution is 5.96. The molecular formula is C24H28N2O2. The summed E-state index contributed by atoms with van der Waals surface area (Å²) in [4.78, 5) is 24.4. The van der Waals surface area contributed by atoms with Gasteiger partial charge in [-0.1, -0.05) is 52.0 Å². The summed E-state index contributed by atoms with van der Waals surface area (Å²) in [5.74, 6) is 0.459. The van der Waals surface area contributed by atoms with Gasteiger partial charge in [0.05, 0.1) is 0 Å². The topological polar surface area (TPSA) is 58.2 Å². The molecular weight excluding hydrogens is 348 g/mol. The van der Waals surface area contributed by atoms with Crippen molar-refractivity contribution in [1.29, 1.82) is 0 Å². The van der Waals surface area contributed by atoms with Crippen molar-refractivity contribution in [2.75, 3.05) is 10.6 Å². The van der Waals surface area contributed by atoms with E-state index in [0.29, 0.717) is 0 Å². The third-order valence-electron chi connectivity index (χ3n) is 6.30. The van der Waals surface area contributed by atoms with E-state index in [9.17, 15) is 9.59 Å². The molecule has 2 N–H and O–H groups in total. The second-order valence-electron chi connectivity index (χ2n) is 9.62. The molecule has 0 aliphatic heterocycles. The molecule has 4 nitrogen and oxygen atoms in total. The Kier molecular flexibility index (Phi) is 4.33. The Morgan fingerprint density at radius 1 is 0.679 bits per heavy atom. The average Bonchev–Trinajstić information content (AvgIpc) is 3.50. The Hall–Kier alpha value is -2.62. The minimum atomic E-state index is 0.108. The predicted octanol–water partition coefficient (Wildman–Crippen LogP) is 5.32. The second-order valence-corrected chi connectivity index (χ2v) is 9.62. The summed E-state index contributed by atoms with van der Waals surface area (Å²) in [6.45, 7) is 8.49. The lowest BCUT2D eigenvalue weighted by Crippen LogP contribution is -2.16. The van der Waals surface area contributed by atoms with Gasteiger partial charge in [-0.2, -0.15) is 0 Å². The summed E-state index contributed by atoms with van der Waals surface area (Å²) in [5, 5.41) is 6.01. The number of hydrogen-bond donors (Lipinski definition) is 2. The van der Waals surface area contributed by atoms with Crippen LogP contribution in [0.25, 0.3) is 11.1 Å². The molecule has 2 aromatic carbocycles. The lowest BCUT2D eigenvalue weighted by atomic mass is 10.0. The van der Waals surface area contributed by atoms with Crippen molar-refractivity contribution in [3.8, 4) is 11.1 Å². The van der Waals surface area contributed by atoms with Gasteiger partial charge in [-0.05, 0) is 59.1 Å². The number of anilines is 2. The monoisotopic (exact) mass is 376 g/mol. The summed E-state index contributed by atoms with van der Waals surface area (Å²) in [5.41, 5.74) is 4.07. The maximum absolute atomic E-state index is 12.2. The van der Waals surface area contributed by atoms with Crippen molar-refractivity contribution < 1.29 is 9.59 Å². The van der Waals surface area contributed by atoms with Crippen molar-refractivity contribution in [3.05, 3.63) is 48.5 Å². The molecule has 0 unspecified atom stereocenters. The van der Waals surface area contributed by atoms with Crippen LogP contribution in [-0.4, -0.2) is 11.8 Å². The average molecular weight is 377 g/mol. The lowest BCUT2D eigenvalue weighted by molar-refractivity contribution is -0.118. The first-order valence-electron chi connectivity index (χ1n) is 9.98. The zero-order valence-electron chi connectivity index (χ0n) is 17.0. The van der Waals surface area contributed by atoms with Crippen molar-refractivity contribution >= 4 is 23.2 Å². The summed E-state index contributed by atoms with van der Waals surface area (Å²) < 4.78 is 0. The highest BCUT2D eigenvalue weighted by atomic mass is 16.2. The quantitative estimate of drug-likeness (QED) is 0.742. The number of carbonyl (C=O) groups excluding carboxylic acids is 2. The van der Waals surface area contributed by atoms with Crippen molar-refractivity contribution in [3.63, 3.8) is 0 Å². The third-order valence-corrected chi connectivity index (χ3v) is 6.30. The first kappa shape index (κ1) is 18.7. The highest BCUT2D eigenvalue weighted by Gasteiger charge is 2.51. The fourth-order valence-corrected chi connectivity index (χ4v) is 3.78. The van der Waals surface area contributed by atoms with E-state index < -0.39 is 0 Å². The standard InChI is InChI=1S/C24H28N2O2/c1-23(2)13-19(23)21(27)25-17-9-5-15(6-10-17)16-7-11-18(12-8-16)26-22(28)20-14-24(20,3)4/h5-12,19-20H,13-14H2,1-4H3,(H,25,27)(H,26,28)/t19-,20+. The summed E-state index contributed by atoms with van der Waals surface area (Å²) in [7, 11) is 0. The number of carbonyl (C=O) groups is 2. The van der Waals surface area contributed by atoms with E-state index in [1.165, 1.54) is 0 Å². The molecule has 2 aliphatic carbocycles. The van der Waals surface area contributed by atoms with Crippen LogP contribution in [0.3, 0.4) is 0 Å². The molecule has 146 valence electrons. The summed E-state index contributed by atoms with van der Waals surface area (Å²) >= 11 is 0. The van der Waals surface area contributed by atoms with E-state index >= 15 is 0 Å². The van der Waals surface area contributed by atoms with Crippen molar-refractivity contribution in [2.24, 2.45) is 22.7 Å². The number of hydrogen-bond acceptors (Lipinski definition) is 2. The zero-order valence-corrected chi connectivity index (χ0v) is 17.0. The van der Waals surface area contributed by atoms with Crippen LogP contribution in [0.15, 0.2) is 48.5 Å². The van der Waals surface area contributed by atoms with Crippen LogP contribution in [0.5, 0.6) is 0 Å². The molecule has 0 aromatic heterocycles. The van der Waals surface area contributed by atoms with Gasteiger partial charge >= 0.3 is 0 Å². The van der Waals surface area contributed by atoms with Gasteiger partial charge in [0.15, 0.2) is 0 Å². The van der Waals surface area contributed by atoms with Crippen LogP contribution in [-0.2, 0) is 9.59 Å². The lowest BCUT2D eigenvalue weighted by Gasteiger charge is -2.09. The van der Waals surface area contributed by atoms with Crippen molar-refractivity contribution in [2.45, 2.75) is 40.5 Å². The molecule has 2 aromatic rings. The molecule has 2 aliphatic rings. The number of amides is 2. The van der Waals surface area contributed by atoms with E-state index in [2.05, 4.69) is 38.3 Å². The molecule has 2 saturated carbocycles. The SMILES string of the molecule is CC1(C)C[C@@H]1C(=O)Nc1ccc(-c2ccc(NC(=O)[C@@H]3CC3(C)C)cc2)cc1. The zero-order chi connectivity index (χ0) is 20.1. The number of benzene rings is 2. The summed E-state index contributed by atoms with van der Waals surface area (Å²) in [6, 6.07) is 15.8. The summed E-state index contributed by atoms with van der Waals surface area (Å²) in [6.07, 6.45) is 1.91. The van der Waals surface area contributed by atoms with Gasteiger partial charge in [0.2, 0.25) is 11.8 Å². The van der Waals surface area contributed by atoms with E-state index in [1.54, 1.807) is 0 Å². The second kappa shape index (κ2) is 6.47. The first-order chi connectivity index (χ1) is 13.2. The normalized spacial score (nSPS) is 23.6. The molecule has 0 bridgehead atoms. The van der Waals surface area contributed by atoms with Gasteiger partial charge in [-0.3, -0.25) is 9.59 Å². The molecule has 0 spiro atoms. The molecule has 0 heterocycles. The third kappa shape index (κ3) is 3.82. The molecule has 4 heteroatoms. The molecule has 2 fully saturated rings. The molecule has 2 atom stereocenters. The van der Waals surface area contributed by atoms with E-state index in [0.717, 1.165) is 35.3 Å². The smallest absolute Gasteiger partial charge is 0.228 e. The fourth-order valence-electron chi connectivity index (χ4n) is 3.78. The Balaban J connectivity index is 1.36. The Morgan fingerprint density at radius 2 is 0.964 bits per heavy atom. The van der Waals surface area contributed by atoms with Crippen LogP contribution in [0, 0.1) is 22.7 Å². The Morgan fingerprint density at radius 3 is 1.21 bits per heavy atom. The van der Waals surface area contributed by atoms with E-state index in [-0.39, 0.29) is 34.5 Å². The van der Waals surface area contributed by atoms with Gasteiger partial charge in [-0.25, -0.2) is 0 Å². The van der Waals surface area contributed by atoms with Crippen LogP contribution >= 0.6 is 0 Å². The molecule has 2 amide bonds. The van der Waals surface area contributed by atoms with Crippen LogP contribution < -0.4 is 10.6 Å². The van der Waals surface area contributed by atoms with Gasteiger partial charge in [0.1, 0.15) is 0 Å². The maximum atomic E-state index is 12.2. The van der Waals surface area contributed by atoms with Gasteiger partial charge < -0.3 is 10.6 Å². The van der Waals surface area contributed by atoms with Gasteiger partial charge in [-0.15, -0.1) is 0 Å². The minimum absolute atomic E-state index is 0.108. The van der Waals surface area contributed by atoms with Crippen LogP contribution in [0.4, 0.5) is 11.4 Å². The van der Waals surface area contributed by atoms with Crippen LogP contribution in [0.1, 0.15) is 40.5 Å². The Bertz CT molecular complexity index is 833. The molecule has 4 rings (SSSR count). The number of rotatable bonds is 5. The number of nitrogens with one attached hydrogen (secondary N) is 2.